The highest BCUT2D eigenvalue weighted by Crippen LogP contribution is 2.36. The van der Waals surface area contributed by atoms with Gasteiger partial charge in [-0.2, -0.15) is 0 Å². The van der Waals surface area contributed by atoms with Gasteiger partial charge in [0, 0.05) is 18.8 Å². The van der Waals surface area contributed by atoms with Crippen LogP contribution in [0.5, 0.6) is 0 Å². The van der Waals surface area contributed by atoms with Crippen molar-refractivity contribution in [1.29, 1.82) is 0 Å². The molecule has 1 aromatic carbocycles. The molecule has 1 aliphatic heterocycles. The summed E-state index contributed by atoms with van der Waals surface area (Å²) in [5.74, 6) is 1.60. The number of hydrogen-bond acceptors (Lipinski definition) is 1. The Morgan fingerprint density at radius 3 is 2.71 bits per heavy atom. The summed E-state index contributed by atoms with van der Waals surface area (Å²) >= 11 is 0. The lowest BCUT2D eigenvalue weighted by atomic mass is 9.75. The van der Waals surface area contributed by atoms with E-state index in [-0.39, 0.29) is 6.03 Å². The summed E-state index contributed by atoms with van der Waals surface area (Å²) in [6.45, 7) is 6.01. The molecule has 2 fully saturated rings. The Morgan fingerprint density at radius 1 is 1.14 bits per heavy atom. The number of nitrogens with zero attached hydrogens (tertiary/aromatic N) is 1. The van der Waals surface area contributed by atoms with Crippen LogP contribution < -0.4 is 5.32 Å². The SMILES string of the molecule is Cc1cccc(NC(=O)N2CC[C@H]3CCCC[C@H]3C2)c1C. The molecular weight excluding hydrogens is 260 g/mol. The van der Waals surface area contributed by atoms with E-state index in [2.05, 4.69) is 25.2 Å². The van der Waals surface area contributed by atoms with Crippen molar-refractivity contribution in [1.82, 2.24) is 4.90 Å². The minimum Gasteiger partial charge on any atom is -0.324 e. The second-order valence-corrected chi connectivity index (χ2v) is 6.72. The van der Waals surface area contributed by atoms with Crippen molar-refractivity contribution >= 4 is 11.7 Å². The maximum Gasteiger partial charge on any atom is 0.321 e. The first-order valence-electron chi connectivity index (χ1n) is 8.27. The Hall–Kier alpha value is -1.51. The fourth-order valence-corrected chi connectivity index (χ4v) is 3.87. The first-order valence-corrected chi connectivity index (χ1v) is 8.27. The number of fused-ring (bicyclic) bond motifs is 1. The number of nitrogens with one attached hydrogen (secondary N) is 1. The number of benzene rings is 1. The average Bonchev–Trinajstić information content (AvgIpc) is 2.51. The molecule has 3 nitrogen and oxygen atoms in total. The van der Waals surface area contributed by atoms with Gasteiger partial charge in [0.1, 0.15) is 0 Å². The van der Waals surface area contributed by atoms with Crippen LogP contribution in [0.15, 0.2) is 18.2 Å². The van der Waals surface area contributed by atoms with Gasteiger partial charge in [0.2, 0.25) is 0 Å². The standard InChI is InChI=1S/C18H26N2O/c1-13-6-5-9-17(14(13)2)19-18(21)20-11-10-15-7-3-4-8-16(15)12-20/h5-6,9,15-16H,3-4,7-8,10-12H2,1-2H3,(H,19,21)/t15-,16+/m1/s1. The summed E-state index contributed by atoms with van der Waals surface area (Å²) in [5, 5.41) is 3.10. The van der Waals surface area contributed by atoms with Gasteiger partial charge in [0.25, 0.3) is 0 Å². The van der Waals surface area contributed by atoms with Gasteiger partial charge in [-0.15, -0.1) is 0 Å². The molecule has 0 aromatic heterocycles. The zero-order valence-corrected chi connectivity index (χ0v) is 13.2. The third-order valence-corrected chi connectivity index (χ3v) is 5.42. The van der Waals surface area contributed by atoms with Gasteiger partial charge in [0.15, 0.2) is 0 Å². The lowest BCUT2D eigenvalue weighted by Gasteiger charge is -2.41. The fraction of sp³-hybridized carbons (Fsp3) is 0.611. The number of carbonyl (C=O) groups is 1. The smallest absolute Gasteiger partial charge is 0.321 e. The Labute approximate surface area is 127 Å². The number of anilines is 1. The van der Waals surface area contributed by atoms with Crippen molar-refractivity contribution in [2.24, 2.45) is 11.8 Å². The predicted molar refractivity (Wildman–Crippen MR) is 86.6 cm³/mol. The topological polar surface area (TPSA) is 32.3 Å². The Bertz CT molecular complexity index is 526. The molecule has 2 amide bonds. The molecule has 1 saturated carbocycles. The van der Waals surface area contributed by atoms with Crippen LogP contribution in [0, 0.1) is 25.7 Å². The van der Waals surface area contributed by atoms with Crippen LogP contribution in [0.2, 0.25) is 0 Å². The van der Waals surface area contributed by atoms with Crippen LogP contribution in [-0.2, 0) is 0 Å². The van der Waals surface area contributed by atoms with Gasteiger partial charge in [-0.25, -0.2) is 4.79 Å². The summed E-state index contributed by atoms with van der Waals surface area (Å²) in [5.41, 5.74) is 3.34. The zero-order valence-electron chi connectivity index (χ0n) is 13.2. The first kappa shape index (κ1) is 14.4. The highest BCUT2D eigenvalue weighted by Gasteiger charge is 2.32. The van der Waals surface area contributed by atoms with Gasteiger partial charge < -0.3 is 10.2 Å². The first-order chi connectivity index (χ1) is 10.1. The van der Waals surface area contributed by atoms with Crippen LogP contribution in [-0.4, -0.2) is 24.0 Å². The molecule has 1 aliphatic carbocycles. The number of urea groups is 1. The van der Waals surface area contributed by atoms with Crippen LogP contribution in [0.3, 0.4) is 0 Å². The number of likely N-dealkylation sites (tertiary alicyclic amines) is 1. The van der Waals surface area contributed by atoms with E-state index >= 15 is 0 Å². The van der Waals surface area contributed by atoms with Crippen molar-refractivity contribution in [3.8, 4) is 0 Å². The molecule has 1 aromatic rings. The van der Waals surface area contributed by atoms with Crippen molar-refractivity contribution in [2.45, 2.75) is 46.0 Å². The number of rotatable bonds is 1. The largest absolute Gasteiger partial charge is 0.324 e. The number of aryl methyl sites for hydroxylation is 1. The molecule has 0 spiro atoms. The molecule has 21 heavy (non-hydrogen) atoms. The normalized spacial score (nSPS) is 25.3. The molecule has 3 heteroatoms. The fourth-order valence-electron chi connectivity index (χ4n) is 3.87. The summed E-state index contributed by atoms with van der Waals surface area (Å²) in [7, 11) is 0. The number of hydrogen-bond donors (Lipinski definition) is 1. The minimum absolute atomic E-state index is 0.0766. The highest BCUT2D eigenvalue weighted by molar-refractivity contribution is 5.90. The van der Waals surface area contributed by atoms with Gasteiger partial charge in [0.05, 0.1) is 0 Å². The molecule has 0 radical (unpaired) electrons. The van der Waals surface area contributed by atoms with E-state index in [1.807, 2.05) is 17.0 Å². The molecule has 3 rings (SSSR count). The molecule has 0 bridgehead atoms. The van der Waals surface area contributed by atoms with E-state index in [9.17, 15) is 4.79 Å². The Balaban J connectivity index is 1.64. The van der Waals surface area contributed by atoms with E-state index in [4.69, 9.17) is 0 Å². The van der Waals surface area contributed by atoms with Gasteiger partial charge in [-0.05, 0) is 55.7 Å². The van der Waals surface area contributed by atoms with E-state index in [1.54, 1.807) is 0 Å². The van der Waals surface area contributed by atoms with Crippen molar-refractivity contribution in [3.05, 3.63) is 29.3 Å². The molecule has 1 saturated heterocycles. The lowest BCUT2D eigenvalue weighted by molar-refractivity contribution is 0.108. The van der Waals surface area contributed by atoms with Crippen molar-refractivity contribution in [3.63, 3.8) is 0 Å². The summed E-state index contributed by atoms with van der Waals surface area (Å²) in [6.07, 6.45) is 6.59. The molecule has 2 aliphatic rings. The second kappa shape index (κ2) is 6.08. The average molecular weight is 286 g/mol. The zero-order chi connectivity index (χ0) is 14.8. The molecule has 1 N–H and O–H groups in total. The number of amides is 2. The van der Waals surface area contributed by atoms with Crippen LogP contribution >= 0.6 is 0 Å². The maximum absolute atomic E-state index is 12.5. The monoisotopic (exact) mass is 286 g/mol. The van der Waals surface area contributed by atoms with Gasteiger partial charge in [-0.3, -0.25) is 0 Å². The Kier molecular flexibility index (Phi) is 4.18. The molecule has 0 unspecified atom stereocenters. The summed E-state index contributed by atoms with van der Waals surface area (Å²) in [4.78, 5) is 14.5. The van der Waals surface area contributed by atoms with E-state index in [0.717, 1.165) is 30.6 Å². The van der Waals surface area contributed by atoms with Crippen molar-refractivity contribution < 1.29 is 4.79 Å². The predicted octanol–water partition coefficient (Wildman–Crippen LogP) is 4.35. The highest BCUT2D eigenvalue weighted by atomic mass is 16.2. The third-order valence-electron chi connectivity index (χ3n) is 5.42. The summed E-state index contributed by atoms with van der Waals surface area (Å²) in [6, 6.07) is 6.16. The number of piperidine rings is 1. The molecule has 114 valence electrons. The van der Waals surface area contributed by atoms with Crippen molar-refractivity contribution in [2.75, 3.05) is 18.4 Å². The van der Waals surface area contributed by atoms with Crippen LogP contribution in [0.25, 0.3) is 0 Å². The van der Waals surface area contributed by atoms with Gasteiger partial charge in [-0.1, -0.05) is 31.4 Å². The van der Waals surface area contributed by atoms with Crippen LogP contribution in [0.1, 0.15) is 43.2 Å². The lowest BCUT2D eigenvalue weighted by Crippen LogP contribution is -2.46. The summed E-state index contributed by atoms with van der Waals surface area (Å²) < 4.78 is 0. The number of carbonyl (C=O) groups excluding carboxylic acids is 1. The molecule has 1 heterocycles. The van der Waals surface area contributed by atoms with Gasteiger partial charge >= 0.3 is 6.03 Å². The second-order valence-electron chi connectivity index (χ2n) is 6.72. The quantitative estimate of drug-likeness (QED) is 0.818. The van der Waals surface area contributed by atoms with E-state index < -0.39 is 0 Å². The molecular formula is C18H26N2O. The molecule has 2 atom stereocenters. The van der Waals surface area contributed by atoms with E-state index in [1.165, 1.54) is 43.2 Å². The minimum atomic E-state index is 0.0766. The Morgan fingerprint density at radius 2 is 1.90 bits per heavy atom. The van der Waals surface area contributed by atoms with Crippen LogP contribution in [0.4, 0.5) is 10.5 Å². The maximum atomic E-state index is 12.5. The third kappa shape index (κ3) is 3.07. The van der Waals surface area contributed by atoms with E-state index in [0.29, 0.717) is 0 Å².